The SMILES string of the molecule is C1=CC(c2ccccc2)CC=C1c1nc(-c2ccccc2)nc(-c2cc(-c3ccc4ccccc4c3)cc3oc4ccccc4c23)n1. The minimum atomic E-state index is 0.324. The molecule has 9 rings (SSSR count). The van der Waals surface area contributed by atoms with Crippen LogP contribution < -0.4 is 0 Å². The Labute approximate surface area is 272 Å². The van der Waals surface area contributed by atoms with Crippen molar-refractivity contribution in [2.45, 2.75) is 12.3 Å². The molecule has 0 amide bonds. The number of allylic oxidation sites excluding steroid dienone is 4. The molecule has 1 atom stereocenters. The molecule has 47 heavy (non-hydrogen) atoms. The van der Waals surface area contributed by atoms with Crippen LogP contribution in [0, 0.1) is 0 Å². The first kappa shape index (κ1) is 27.2. The third kappa shape index (κ3) is 5.01. The predicted octanol–water partition coefficient (Wildman–Crippen LogP) is 11.1. The van der Waals surface area contributed by atoms with E-state index in [1.54, 1.807) is 0 Å². The van der Waals surface area contributed by atoms with Crippen LogP contribution in [0.15, 0.2) is 162 Å². The molecule has 4 nitrogen and oxygen atoms in total. The van der Waals surface area contributed by atoms with Crippen LogP contribution in [0.3, 0.4) is 0 Å². The topological polar surface area (TPSA) is 51.8 Å². The van der Waals surface area contributed by atoms with Gasteiger partial charge >= 0.3 is 0 Å². The van der Waals surface area contributed by atoms with E-state index >= 15 is 0 Å². The second-order valence-electron chi connectivity index (χ2n) is 12.0. The maximum absolute atomic E-state index is 6.49. The zero-order chi connectivity index (χ0) is 31.2. The number of fused-ring (bicyclic) bond motifs is 4. The van der Waals surface area contributed by atoms with E-state index in [0.29, 0.717) is 23.4 Å². The molecule has 0 spiro atoms. The van der Waals surface area contributed by atoms with Gasteiger partial charge in [-0.05, 0) is 58.1 Å². The summed E-state index contributed by atoms with van der Waals surface area (Å²) in [6.07, 6.45) is 7.55. The van der Waals surface area contributed by atoms with Gasteiger partial charge in [-0.15, -0.1) is 0 Å². The second-order valence-corrected chi connectivity index (χ2v) is 12.0. The Morgan fingerprint density at radius 1 is 0.532 bits per heavy atom. The Kier molecular flexibility index (Phi) is 6.57. The van der Waals surface area contributed by atoms with Crippen molar-refractivity contribution >= 4 is 38.3 Å². The second kappa shape index (κ2) is 11.3. The van der Waals surface area contributed by atoms with Gasteiger partial charge < -0.3 is 4.42 Å². The maximum atomic E-state index is 6.49. The molecule has 4 heteroatoms. The molecule has 0 saturated carbocycles. The first-order valence-corrected chi connectivity index (χ1v) is 16.0. The van der Waals surface area contributed by atoms with Crippen LogP contribution in [0.5, 0.6) is 0 Å². The zero-order valence-corrected chi connectivity index (χ0v) is 25.5. The summed E-state index contributed by atoms with van der Waals surface area (Å²) in [6.45, 7) is 0. The summed E-state index contributed by atoms with van der Waals surface area (Å²) in [7, 11) is 0. The minimum absolute atomic E-state index is 0.324. The summed E-state index contributed by atoms with van der Waals surface area (Å²) in [5.74, 6) is 2.24. The molecular weight excluding hydrogens is 574 g/mol. The number of hydrogen-bond acceptors (Lipinski definition) is 4. The quantitative estimate of drug-likeness (QED) is 0.196. The van der Waals surface area contributed by atoms with E-state index < -0.39 is 0 Å². The molecular formula is C43H29N3O. The molecule has 8 aromatic rings. The standard InChI is InChI=1S/C43H29N3O/c1-3-11-28(12-4-1)30-19-22-32(23-20-30)42-44-41(31-14-5-2-6-15-31)45-43(46-42)37-26-35(34-24-21-29-13-7-8-16-33(29)25-34)27-39-40(37)36-17-9-10-18-38(36)47-39/h1-19,21-27,30H,20H2. The van der Waals surface area contributed by atoms with E-state index in [1.807, 2.05) is 48.5 Å². The molecule has 1 unspecified atom stereocenters. The third-order valence-corrected chi connectivity index (χ3v) is 9.06. The lowest BCUT2D eigenvalue weighted by Gasteiger charge is -2.17. The Balaban J connectivity index is 1.25. The molecule has 222 valence electrons. The molecule has 2 aromatic heterocycles. The molecule has 0 saturated heterocycles. The highest BCUT2D eigenvalue weighted by Gasteiger charge is 2.21. The van der Waals surface area contributed by atoms with Crippen molar-refractivity contribution in [1.82, 2.24) is 15.0 Å². The van der Waals surface area contributed by atoms with E-state index in [2.05, 4.69) is 109 Å². The van der Waals surface area contributed by atoms with Crippen LogP contribution in [-0.4, -0.2) is 15.0 Å². The van der Waals surface area contributed by atoms with Crippen molar-refractivity contribution in [3.8, 4) is 33.9 Å². The third-order valence-electron chi connectivity index (χ3n) is 9.06. The van der Waals surface area contributed by atoms with Crippen LogP contribution >= 0.6 is 0 Å². The smallest absolute Gasteiger partial charge is 0.164 e. The fourth-order valence-corrected chi connectivity index (χ4v) is 6.64. The lowest BCUT2D eigenvalue weighted by molar-refractivity contribution is 0.669. The Bertz CT molecular complexity index is 2490. The first-order valence-electron chi connectivity index (χ1n) is 16.0. The lowest BCUT2D eigenvalue weighted by Crippen LogP contribution is -2.05. The van der Waals surface area contributed by atoms with E-state index in [1.165, 1.54) is 16.3 Å². The maximum Gasteiger partial charge on any atom is 0.164 e. The summed E-state index contributed by atoms with van der Waals surface area (Å²) in [6, 6.07) is 48.3. The number of benzene rings is 6. The van der Waals surface area contributed by atoms with Crippen LogP contribution in [0.4, 0.5) is 0 Å². The highest BCUT2D eigenvalue weighted by molar-refractivity contribution is 6.13. The van der Waals surface area contributed by atoms with Crippen molar-refractivity contribution in [1.29, 1.82) is 0 Å². The number of para-hydroxylation sites is 1. The molecule has 2 heterocycles. The molecule has 0 N–H and O–H groups in total. The average Bonchev–Trinajstić information content (AvgIpc) is 3.53. The predicted molar refractivity (Wildman–Crippen MR) is 192 cm³/mol. The van der Waals surface area contributed by atoms with Gasteiger partial charge in [0.1, 0.15) is 11.2 Å². The number of furan rings is 1. The lowest BCUT2D eigenvalue weighted by atomic mass is 9.90. The summed E-state index contributed by atoms with van der Waals surface area (Å²) >= 11 is 0. The highest BCUT2D eigenvalue weighted by Crippen LogP contribution is 2.40. The van der Waals surface area contributed by atoms with Crippen molar-refractivity contribution in [2.24, 2.45) is 0 Å². The summed E-state index contributed by atoms with van der Waals surface area (Å²) in [5, 5.41) is 4.43. The van der Waals surface area contributed by atoms with Crippen molar-refractivity contribution in [3.63, 3.8) is 0 Å². The molecule has 1 aliphatic rings. The molecule has 1 aliphatic carbocycles. The Hall–Kier alpha value is -6.13. The average molecular weight is 604 g/mol. The normalized spacial score (nSPS) is 14.6. The van der Waals surface area contributed by atoms with Crippen LogP contribution in [0.25, 0.3) is 72.2 Å². The zero-order valence-electron chi connectivity index (χ0n) is 25.5. The Morgan fingerprint density at radius 3 is 2.09 bits per heavy atom. The van der Waals surface area contributed by atoms with Crippen molar-refractivity contribution in [2.75, 3.05) is 0 Å². The van der Waals surface area contributed by atoms with Gasteiger partial charge in [-0.25, -0.2) is 15.0 Å². The van der Waals surface area contributed by atoms with Gasteiger partial charge in [0, 0.05) is 33.4 Å². The highest BCUT2D eigenvalue weighted by atomic mass is 16.3. The monoisotopic (exact) mass is 603 g/mol. The van der Waals surface area contributed by atoms with Gasteiger partial charge in [-0.2, -0.15) is 0 Å². The largest absolute Gasteiger partial charge is 0.456 e. The van der Waals surface area contributed by atoms with E-state index in [4.69, 9.17) is 19.4 Å². The number of aromatic nitrogens is 3. The molecule has 0 radical (unpaired) electrons. The summed E-state index contributed by atoms with van der Waals surface area (Å²) < 4.78 is 6.49. The Morgan fingerprint density at radius 2 is 1.26 bits per heavy atom. The van der Waals surface area contributed by atoms with Crippen LogP contribution in [-0.2, 0) is 0 Å². The van der Waals surface area contributed by atoms with E-state index in [9.17, 15) is 0 Å². The van der Waals surface area contributed by atoms with Gasteiger partial charge in [0.05, 0.1) is 0 Å². The summed E-state index contributed by atoms with van der Waals surface area (Å²) in [5.41, 5.74) is 7.95. The number of rotatable bonds is 5. The molecule has 0 aliphatic heterocycles. The van der Waals surface area contributed by atoms with Gasteiger partial charge in [-0.3, -0.25) is 0 Å². The number of nitrogens with zero attached hydrogens (tertiary/aromatic N) is 3. The summed E-state index contributed by atoms with van der Waals surface area (Å²) in [4.78, 5) is 15.4. The van der Waals surface area contributed by atoms with Crippen LogP contribution in [0.2, 0.25) is 0 Å². The first-order chi connectivity index (χ1) is 23.3. The molecule has 0 fully saturated rings. The van der Waals surface area contributed by atoms with Crippen LogP contribution in [0.1, 0.15) is 23.7 Å². The van der Waals surface area contributed by atoms with Gasteiger partial charge in [0.15, 0.2) is 17.5 Å². The van der Waals surface area contributed by atoms with Gasteiger partial charge in [0.2, 0.25) is 0 Å². The van der Waals surface area contributed by atoms with Crippen molar-refractivity contribution < 1.29 is 4.42 Å². The van der Waals surface area contributed by atoms with E-state index in [0.717, 1.165) is 56.2 Å². The van der Waals surface area contributed by atoms with E-state index in [-0.39, 0.29) is 0 Å². The van der Waals surface area contributed by atoms with Gasteiger partial charge in [0.25, 0.3) is 0 Å². The molecule has 0 bridgehead atoms. The molecule has 6 aromatic carbocycles. The minimum Gasteiger partial charge on any atom is -0.456 e. The number of hydrogen-bond donors (Lipinski definition) is 0. The van der Waals surface area contributed by atoms with Gasteiger partial charge in [-0.1, -0.05) is 133 Å². The van der Waals surface area contributed by atoms with Crippen molar-refractivity contribution in [3.05, 3.63) is 169 Å². The fourth-order valence-electron chi connectivity index (χ4n) is 6.64. The fraction of sp³-hybridized carbons (Fsp3) is 0.0465.